The average Bonchev–Trinajstić information content (AvgIpc) is 2.73. The molecule has 0 spiro atoms. The van der Waals surface area contributed by atoms with Crippen molar-refractivity contribution in [3.8, 4) is 0 Å². The number of aromatic nitrogens is 2. The number of aryl methyl sites for hydroxylation is 2. The van der Waals surface area contributed by atoms with Gasteiger partial charge in [-0.15, -0.1) is 0 Å². The molecular weight excluding hydrogens is 254 g/mol. The van der Waals surface area contributed by atoms with Crippen LogP contribution in [0.2, 0.25) is 0 Å². The van der Waals surface area contributed by atoms with Crippen molar-refractivity contribution < 1.29 is 10.2 Å². The molecular formula is C15H23N3O2. The first-order chi connectivity index (χ1) is 9.56. The standard InChI is InChI=1S/C15H23N3O2/c1-4-18(7-8-19)10-15(20)12-5-6-14-13(9-12)16-11(2)17(14)3/h5-6,9,15,19-20H,4,7-8,10H2,1-3H3. The fourth-order valence-corrected chi connectivity index (χ4v) is 2.41. The number of benzene rings is 1. The van der Waals surface area contributed by atoms with Crippen LogP contribution >= 0.6 is 0 Å². The highest BCUT2D eigenvalue weighted by Crippen LogP contribution is 2.21. The third-order valence-electron chi connectivity index (χ3n) is 3.81. The predicted octanol–water partition coefficient (Wildman–Crippen LogP) is 1.23. The lowest BCUT2D eigenvalue weighted by Crippen LogP contribution is -2.31. The topological polar surface area (TPSA) is 61.5 Å². The summed E-state index contributed by atoms with van der Waals surface area (Å²) < 4.78 is 2.04. The van der Waals surface area contributed by atoms with Crippen molar-refractivity contribution in [1.82, 2.24) is 14.5 Å². The highest BCUT2D eigenvalue weighted by Gasteiger charge is 2.14. The fourth-order valence-electron chi connectivity index (χ4n) is 2.41. The van der Waals surface area contributed by atoms with Crippen LogP contribution in [0.1, 0.15) is 24.4 Å². The molecule has 1 unspecified atom stereocenters. The molecule has 2 aromatic rings. The molecule has 1 atom stereocenters. The SMILES string of the molecule is CCN(CCO)CC(O)c1ccc2c(c1)nc(C)n2C. The lowest BCUT2D eigenvalue weighted by atomic mass is 10.1. The van der Waals surface area contributed by atoms with E-state index >= 15 is 0 Å². The molecule has 0 radical (unpaired) electrons. The van der Waals surface area contributed by atoms with Crippen molar-refractivity contribution >= 4 is 11.0 Å². The normalized spacial score (nSPS) is 13.3. The third-order valence-corrected chi connectivity index (χ3v) is 3.81. The van der Waals surface area contributed by atoms with Gasteiger partial charge in [-0.05, 0) is 31.2 Å². The summed E-state index contributed by atoms with van der Waals surface area (Å²) in [7, 11) is 1.99. The van der Waals surface area contributed by atoms with Crippen LogP contribution in [0.25, 0.3) is 11.0 Å². The van der Waals surface area contributed by atoms with Crippen LogP contribution in [-0.2, 0) is 7.05 Å². The Morgan fingerprint density at radius 3 is 2.80 bits per heavy atom. The molecule has 5 nitrogen and oxygen atoms in total. The smallest absolute Gasteiger partial charge is 0.106 e. The Morgan fingerprint density at radius 2 is 2.15 bits per heavy atom. The van der Waals surface area contributed by atoms with Crippen molar-refractivity contribution in [1.29, 1.82) is 0 Å². The van der Waals surface area contributed by atoms with Crippen LogP contribution < -0.4 is 0 Å². The predicted molar refractivity (Wildman–Crippen MR) is 79.6 cm³/mol. The van der Waals surface area contributed by atoms with E-state index in [2.05, 4.69) is 4.98 Å². The first kappa shape index (κ1) is 15.0. The average molecular weight is 277 g/mol. The van der Waals surface area contributed by atoms with E-state index in [1.165, 1.54) is 0 Å². The maximum Gasteiger partial charge on any atom is 0.106 e. The van der Waals surface area contributed by atoms with E-state index in [9.17, 15) is 5.11 Å². The van der Waals surface area contributed by atoms with Crippen LogP contribution in [-0.4, -0.2) is 50.9 Å². The minimum atomic E-state index is -0.562. The Morgan fingerprint density at radius 1 is 1.40 bits per heavy atom. The summed E-state index contributed by atoms with van der Waals surface area (Å²) in [5.74, 6) is 0.960. The van der Waals surface area contributed by atoms with Crippen LogP contribution in [0, 0.1) is 6.92 Å². The molecule has 0 aliphatic carbocycles. The van der Waals surface area contributed by atoms with Crippen molar-refractivity contribution in [2.24, 2.45) is 7.05 Å². The third kappa shape index (κ3) is 3.00. The summed E-state index contributed by atoms with van der Waals surface area (Å²) in [6.07, 6.45) is -0.562. The molecule has 20 heavy (non-hydrogen) atoms. The van der Waals surface area contributed by atoms with Crippen molar-refractivity contribution in [3.05, 3.63) is 29.6 Å². The van der Waals surface area contributed by atoms with Crippen LogP contribution in [0.5, 0.6) is 0 Å². The Balaban J connectivity index is 2.19. The zero-order valence-electron chi connectivity index (χ0n) is 12.4. The van der Waals surface area contributed by atoms with Crippen LogP contribution in [0.4, 0.5) is 0 Å². The van der Waals surface area contributed by atoms with E-state index in [1.54, 1.807) is 0 Å². The Kier molecular flexibility index (Phi) is 4.75. The molecule has 0 saturated heterocycles. The number of aliphatic hydroxyl groups is 2. The van der Waals surface area contributed by atoms with Gasteiger partial charge in [0.15, 0.2) is 0 Å². The van der Waals surface area contributed by atoms with Gasteiger partial charge in [0.1, 0.15) is 5.82 Å². The second-order valence-electron chi connectivity index (χ2n) is 5.10. The molecule has 110 valence electrons. The number of aliphatic hydroxyl groups excluding tert-OH is 2. The second-order valence-corrected chi connectivity index (χ2v) is 5.10. The summed E-state index contributed by atoms with van der Waals surface area (Å²) in [6, 6.07) is 5.89. The monoisotopic (exact) mass is 277 g/mol. The van der Waals surface area contributed by atoms with Gasteiger partial charge in [-0.25, -0.2) is 4.98 Å². The molecule has 1 heterocycles. The van der Waals surface area contributed by atoms with Gasteiger partial charge in [-0.3, -0.25) is 4.90 Å². The molecule has 0 aliphatic heterocycles. The molecule has 5 heteroatoms. The van der Waals surface area contributed by atoms with Crippen LogP contribution in [0.3, 0.4) is 0 Å². The summed E-state index contributed by atoms with van der Waals surface area (Å²) in [5.41, 5.74) is 2.85. The maximum absolute atomic E-state index is 10.3. The van der Waals surface area contributed by atoms with Crippen molar-refractivity contribution in [2.75, 3.05) is 26.2 Å². The number of nitrogens with zero attached hydrogens (tertiary/aromatic N) is 3. The highest BCUT2D eigenvalue weighted by atomic mass is 16.3. The summed E-state index contributed by atoms with van der Waals surface area (Å²) >= 11 is 0. The molecule has 0 aliphatic rings. The van der Waals surface area contributed by atoms with E-state index < -0.39 is 6.10 Å². The van der Waals surface area contributed by atoms with Crippen molar-refractivity contribution in [3.63, 3.8) is 0 Å². The number of imidazole rings is 1. The molecule has 0 amide bonds. The van der Waals surface area contributed by atoms with Gasteiger partial charge in [0.05, 0.1) is 23.7 Å². The molecule has 0 fully saturated rings. The second kappa shape index (κ2) is 6.35. The summed E-state index contributed by atoms with van der Waals surface area (Å²) in [4.78, 5) is 6.52. The van der Waals surface area contributed by atoms with Gasteiger partial charge in [-0.2, -0.15) is 0 Å². The zero-order chi connectivity index (χ0) is 14.7. The van der Waals surface area contributed by atoms with Crippen molar-refractivity contribution in [2.45, 2.75) is 20.0 Å². The quantitative estimate of drug-likeness (QED) is 0.833. The van der Waals surface area contributed by atoms with Gasteiger partial charge in [-0.1, -0.05) is 13.0 Å². The Hall–Kier alpha value is -1.43. The van der Waals surface area contributed by atoms with E-state index in [0.717, 1.165) is 29.0 Å². The van der Waals surface area contributed by atoms with Gasteiger partial charge in [0.2, 0.25) is 0 Å². The number of hydrogen-bond acceptors (Lipinski definition) is 4. The van der Waals surface area contributed by atoms with Gasteiger partial charge >= 0.3 is 0 Å². The molecule has 0 saturated carbocycles. The fraction of sp³-hybridized carbons (Fsp3) is 0.533. The lowest BCUT2D eigenvalue weighted by molar-refractivity contribution is 0.103. The van der Waals surface area contributed by atoms with E-state index in [1.807, 2.05) is 48.6 Å². The summed E-state index contributed by atoms with van der Waals surface area (Å²) in [5, 5.41) is 19.3. The number of fused-ring (bicyclic) bond motifs is 1. The Bertz CT molecular complexity index is 580. The molecule has 2 rings (SSSR count). The highest BCUT2D eigenvalue weighted by molar-refractivity contribution is 5.76. The van der Waals surface area contributed by atoms with Gasteiger partial charge in [0, 0.05) is 20.1 Å². The largest absolute Gasteiger partial charge is 0.395 e. The first-order valence-electron chi connectivity index (χ1n) is 7.01. The van der Waals surface area contributed by atoms with Gasteiger partial charge < -0.3 is 14.8 Å². The minimum Gasteiger partial charge on any atom is -0.395 e. The Labute approximate surface area is 119 Å². The minimum absolute atomic E-state index is 0.110. The van der Waals surface area contributed by atoms with E-state index in [4.69, 9.17) is 5.11 Å². The van der Waals surface area contributed by atoms with Crippen LogP contribution in [0.15, 0.2) is 18.2 Å². The lowest BCUT2D eigenvalue weighted by Gasteiger charge is -2.22. The maximum atomic E-state index is 10.3. The first-order valence-corrected chi connectivity index (χ1v) is 7.01. The zero-order valence-corrected chi connectivity index (χ0v) is 12.4. The van der Waals surface area contributed by atoms with E-state index in [-0.39, 0.29) is 6.61 Å². The number of likely N-dealkylation sites (N-methyl/N-ethyl adjacent to an activating group) is 1. The number of rotatable bonds is 6. The van der Waals surface area contributed by atoms with Gasteiger partial charge in [0.25, 0.3) is 0 Å². The number of hydrogen-bond donors (Lipinski definition) is 2. The molecule has 1 aromatic carbocycles. The van der Waals surface area contributed by atoms with E-state index in [0.29, 0.717) is 13.1 Å². The summed E-state index contributed by atoms with van der Waals surface area (Å²) in [6.45, 7) is 6.01. The molecule has 0 bridgehead atoms. The molecule has 2 N–H and O–H groups in total. The molecule has 1 aromatic heterocycles.